The molecule has 0 saturated carbocycles. The molecule has 1 rings (SSSR count). The van der Waals surface area contributed by atoms with Crippen LogP contribution < -0.4 is 5.73 Å². The molecule has 4 heteroatoms. The Bertz CT molecular complexity index is 383. The summed E-state index contributed by atoms with van der Waals surface area (Å²) in [5.41, 5.74) is 7.11. The zero-order valence-electron chi connectivity index (χ0n) is 10.3. The molecule has 1 aromatic rings. The summed E-state index contributed by atoms with van der Waals surface area (Å²) >= 11 is 0. The van der Waals surface area contributed by atoms with Crippen molar-refractivity contribution in [1.29, 1.82) is 5.26 Å². The van der Waals surface area contributed by atoms with Crippen LogP contribution in [0.15, 0.2) is 24.3 Å². The lowest BCUT2D eigenvalue weighted by molar-refractivity contribution is 0.123. The molecule has 3 N–H and O–H groups in total. The minimum atomic E-state index is -0.550. The van der Waals surface area contributed by atoms with Crippen LogP contribution in [0.5, 0.6) is 0 Å². The maximum absolute atomic E-state index is 10.0. The Hall–Kier alpha value is -1.57. The number of benzene rings is 1. The first-order chi connectivity index (χ1) is 8.02. The van der Waals surface area contributed by atoms with Gasteiger partial charge in [-0.3, -0.25) is 0 Å². The van der Waals surface area contributed by atoms with Gasteiger partial charge in [-0.1, -0.05) is 12.1 Å². The summed E-state index contributed by atoms with van der Waals surface area (Å²) in [6.45, 7) is 3.03. The van der Waals surface area contributed by atoms with Gasteiger partial charge < -0.3 is 15.7 Å². The van der Waals surface area contributed by atoms with Crippen molar-refractivity contribution in [1.82, 2.24) is 4.90 Å². The lowest BCUT2D eigenvalue weighted by atomic mass is 10.1. The maximum Gasteiger partial charge on any atom is 0.0916 e. The van der Waals surface area contributed by atoms with Crippen LogP contribution >= 0.6 is 0 Å². The molecule has 0 aromatic heterocycles. The molecule has 0 fully saturated rings. The molecule has 0 bridgehead atoms. The molecule has 0 aliphatic carbocycles. The summed E-state index contributed by atoms with van der Waals surface area (Å²) in [4.78, 5) is 1.95. The van der Waals surface area contributed by atoms with E-state index in [0.29, 0.717) is 18.8 Å². The maximum atomic E-state index is 10.0. The van der Waals surface area contributed by atoms with Gasteiger partial charge in [0, 0.05) is 18.8 Å². The van der Waals surface area contributed by atoms with E-state index in [4.69, 9.17) is 11.0 Å². The third kappa shape index (κ3) is 4.43. The van der Waals surface area contributed by atoms with Crippen LogP contribution in [0, 0.1) is 17.2 Å². The standard InChI is InChI=1S/C13H19N3O/c1-10(7-14)8-16(2)9-13(17)11-3-5-12(15)6-4-11/h3-6,10,13,17H,8-9,15H2,1-2H3. The van der Waals surface area contributed by atoms with Crippen molar-refractivity contribution < 1.29 is 5.11 Å². The van der Waals surface area contributed by atoms with E-state index in [1.54, 1.807) is 12.1 Å². The molecule has 0 saturated heterocycles. The fourth-order valence-corrected chi connectivity index (χ4v) is 1.70. The number of anilines is 1. The highest BCUT2D eigenvalue weighted by atomic mass is 16.3. The molecule has 0 amide bonds. The van der Waals surface area contributed by atoms with Crippen molar-refractivity contribution in [3.8, 4) is 6.07 Å². The summed E-state index contributed by atoms with van der Waals surface area (Å²) < 4.78 is 0. The highest BCUT2D eigenvalue weighted by Gasteiger charge is 2.12. The van der Waals surface area contributed by atoms with Gasteiger partial charge >= 0.3 is 0 Å². The van der Waals surface area contributed by atoms with Crippen molar-refractivity contribution in [3.63, 3.8) is 0 Å². The van der Waals surface area contributed by atoms with Gasteiger partial charge in [-0.05, 0) is 31.7 Å². The van der Waals surface area contributed by atoms with E-state index in [9.17, 15) is 5.11 Å². The van der Waals surface area contributed by atoms with E-state index in [-0.39, 0.29) is 5.92 Å². The Morgan fingerprint density at radius 2 is 1.94 bits per heavy atom. The second-order valence-electron chi connectivity index (χ2n) is 4.43. The number of nitriles is 1. The first-order valence-corrected chi connectivity index (χ1v) is 5.64. The number of rotatable bonds is 5. The van der Waals surface area contributed by atoms with Crippen LogP contribution in [-0.2, 0) is 0 Å². The molecule has 0 heterocycles. The second kappa shape index (κ2) is 6.24. The molecule has 0 aliphatic heterocycles. The van der Waals surface area contributed by atoms with Crippen LogP contribution in [0.1, 0.15) is 18.6 Å². The molecule has 4 nitrogen and oxygen atoms in total. The van der Waals surface area contributed by atoms with E-state index in [2.05, 4.69) is 6.07 Å². The first kappa shape index (κ1) is 13.5. The van der Waals surface area contributed by atoms with E-state index in [0.717, 1.165) is 5.56 Å². The highest BCUT2D eigenvalue weighted by Crippen LogP contribution is 2.15. The van der Waals surface area contributed by atoms with E-state index >= 15 is 0 Å². The Balaban J connectivity index is 2.51. The summed E-state index contributed by atoms with van der Waals surface area (Å²) in [5, 5.41) is 18.7. The second-order valence-corrected chi connectivity index (χ2v) is 4.43. The summed E-state index contributed by atoms with van der Waals surface area (Å²) in [7, 11) is 1.90. The van der Waals surface area contributed by atoms with Gasteiger partial charge in [0.1, 0.15) is 0 Å². The fourth-order valence-electron chi connectivity index (χ4n) is 1.70. The monoisotopic (exact) mass is 233 g/mol. The Morgan fingerprint density at radius 3 is 2.47 bits per heavy atom. The third-order valence-electron chi connectivity index (χ3n) is 2.61. The minimum Gasteiger partial charge on any atom is -0.399 e. The number of hydrogen-bond acceptors (Lipinski definition) is 4. The SMILES string of the molecule is CC(C#N)CN(C)CC(O)c1ccc(N)cc1. The average molecular weight is 233 g/mol. The zero-order valence-corrected chi connectivity index (χ0v) is 10.3. The number of hydrogen-bond donors (Lipinski definition) is 2. The number of aliphatic hydroxyl groups excluding tert-OH is 1. The minimum absolute atomic E-state index is 0.0291. The van der Waals surface area contributed by atoms with Gasteiger partial charge in [-0.15, -0.1) is 0 Å². The average Bonchev–Trinajstić information content (AvgIpc) is 2.29. The van der Waals surface area contributed by atoms with Crippen molar-refractivity contribution in [3.05, 3.63) is 29.8 Å². The van der Waals surface area contributed by atoms with Gasteiger partial charge in [-0.2, -0.15) is 5.26 Å². The summed E-state index contributed by atoms with van der Waals surface area (Å²) in [6.07, 6.45) is -0.550. The summed E-state index contributed by atoms with van der Waals surface area (Å²) in [6, 6.07) is 9.37. The Kier molecular flexibility index (Phi) is 4.95. The lowest BCUT2D eigenvalue weighted by Gasteiger charge is -2.21. The zero-order chi connectivity index (χ0) is 12.8. The predicted molar refractivity (Wildman–Crippen MR) is 68.1 cm³/mol. The highest BCUT2D eigenvalue weighted by molar-refractivity contribution is 5.39. The van der Waals surface area contributed by atoms with Gasteiger partial charge in [0.05, 0.1) is 18.1 Å². The van der Waals surface area contributed by atoms with Crippen molar-refractivity contribution in [2.45, 2.75) is 13.0 Å². The van der Waals surface area contributed by atoms with Gasteiger partial charge in [0.15, 0.2) is 0 Å². The van der Waals surface area contributed by atoms with Crippen molar-refractivity contribution >= 4 is 5.69 Å². The molecule has 1 aromatic carbocycles. The molecule has 2 atom stereocenters. The fraction of sp³-hybridized carbons (Fsp3) is 0.462. The van der Waals surface area contributed by atoms with Crippen LogP contribution in [0.2, 0.25) is 0 Å². The normalized spacial score (nSPS) is 14.3. The lowest BCUT2D eigenvalue weighted by Crippen LogP contribution is -2.28. The number of likely N-dealkylation sites (N-methyl/N-ethyl adjacent to an activating group) is 1. The molecule has 0 spiro atoms. The molecule has 0 radical (unpaired) electrons. The van der Waals surface area contributed by atoms with Crippen LogP contribution in [0.4, 0.5) is 5.69 Å². The van der Waals surface area contributed by atoms with Crippen molar-refractivity contribution in [2.75, 3.05) is 25.9 Å². The first-order valence-electron chi connectivity index (χ1n) is 5.64. The third-order valence-corrected chi connectivity index (χ3v) is 2.61. The van der Waals surface area contributed by atoms with Crippen LogP contribution in [-0.4, -0.2) is 30.1 Å². The number of nitrogen functional groups attached to an aromatic ring is 1. The van der Waals surface area contributed by atoms with Crippen molar-refractivity contribution in [2.24, 2.45) is 5.92 Å². The predicted octanol–water partition coefficient (Wildman–Crippen LogP) is 1.39. The van der Waals surface area contributed by atoms with Gasteiger partial charge in [0.25, 0.3) is 0 Å². The molecule has 92 valence electrons. The topological polar surface area (TPSA) is 73.3 Å². The quantitative estimate of drug-likeness (QED) is 0.754. The largest absolute Gasteiger partial charge is 0.399 e. The molecule has 0 aliphatic rings. The smallest absolute Gasteiger partial charge is 0.0916 e. The molecule has 17 heavy (non-hydrogen) atoms. The van der Waals surface area contributed by atoms with Gasteiger partial charge in [-0.25, -0.2) is 0 Å². The number of nitrogens with zero attached hydrogens (tertiary/aromatic N) is 2. The molecular formula is C13H19N3O. The van der Waals surface area contributed by atoms with E-state index in [1.165, 1.54) is 0 Å². The van der Waals surface area contributed by atoms with Crippen LogP contribution in [0.25, 0.3) is 0 Å². The number of aliphatic hydroxyl groups is 1. The van der Waals surface area contributed by atoms with Gasteiger partial charge in [0.2, 0.25) is 0 Å². The Labute approximate surface area is 102 Å². The molecule has 2 unspecified atom stereocenters. The summed E-state index contributed by atoms with van der Waals surface area (Å²) in [5.74, 6) is -0.0291. The van der Waals surface area contributed by atoms with E-state index in [1.807, 2.05) is 31.0 Å². The number of nitrogens with two attached hydrogens (primary N) is 1. The van der Waals surface area contributed by atoms with Crippen LogP contribution in [0.3, 0.4) is 0 Å². The molecular weight excluding hydrogens is 214 g/mol. The Morgan fingerprint density at radius 1 is 1.35 bits per heavy atom. The van der Waals surface area contributed by atoms with E-state index < -0.39 is 6.10 Å².